The fourth-order valence-corrected chi connectivity index (χ4v) is 2.06. The SMILES string of the molecule is CCCCCCCCCCCC(=O)NCCN=C(N)N.Cl. The van der Waals surface area contributed by atoms with Gasteiger partial charge in [-0.05, 0) is 6.42 Å². The molecule has 126 valence electrons. The number of nitrogens with one attached hydrogen (secondary N) is 1. The second-order valence-corrected chi connectivity index (χ2v) is 5.23. The van der Waals surface area contributed by atoms with Crippen molar-refractivity contribution in [1.29, 1.82) is 0 Å². The Morgan fingerprint density at radius 2 is 1.48 bits per heavy atom. The van der Waals surface area contributed by atoms with Crippen molar-refractivity contribution in [3.05, 3.63) is 0 Å². The zero-order chi connectivity index (χ0) is 15.1. The van der Waals surface area contributed by atoms with Gasteiger partial charge in [0, 0.05) is 13.0 Å². The van der Waals surface area contributed by atoms with E-state index in [0.717, 1.165) is 12.8 Å². The lowest BCUT2D eigenvalue weighted by atomic mass is 10.1. The van der Waals surface area contributed by atoms with Crippen molar-refractivity contribution in [3.63, 3.8) is 0 Å². The Morgan fingerprint density at radius 3 is 2.00 bits per heavy atom. The van der Waals surface area contributed by atoms with Gasteiger partial charge in [0.15, 0.2) is 5.96 Å². The number of hydrogen-bond acceptors (Lipinski definition) is 2. The van der Waals surface area contributed by atoms with Crippen molar-refractivity contribution in [2.24, 2.45) is 16.5 Å². The van der Waals surface area contributed by atoms with Gasteiger partial charge in [-0.1, -0.05) is 58.3 Å². The maximum absolute atomic E-state index is 11.5. The fourth-order valence-electron chi connectivity index (χ4n) is 2.06. The average Bonchev–Trinajstić information content (AvgIpc) is 2.41. The minimum Gasteiger partial charge on any atom is -0.370 e. The van der Waals surface area contributed by atoms with E-state index >= 15 is 0 Å². The topological polar surface area (TPSA) is 93.5 Å². The summed E-state index contributed by atoms with van der Waals surface area (Å²) in [5.41, 5.74) is 10.4. The lowest BCUT2D eigenvalue weighted by Gasteiger charge is -2.04. The molecule has 0 aromatic rings. The summed E-state index contributed by atoms with van der Waals surface area (Å²) < 4.78 is 0. The van der Waals surface area contributed by atoms with E-state index in [9.17, 15) is 4.79 Å². The first kappa shape index (κ1) is 22.3. The number of aliphatic imine (C=N–C) groups is 1. The molecule has 0 aliphatic heterocycles. The summed E-state index contributed by atoms with van der Waals surface area (Å²) in [6.07, 6.45) is 12.0. The number of nitrogens with two attached hydrogens (primary N) is 2. The molecule has 0 saturated heterocycles. The number of nitrogens with zero attached hydrogens (tertiary/aromatic N) is 1. The van der Waals surface area contributed by atoms with Gasteiger partial charge >= 0.3 is 0 Å². The molecule has 0 unspecified atom stereocenters. The van der Waals surface area contributed by atoms with E-state index in [1.54, 1.807) is 0 Å². The minimum atomic E-state index is 0. The van der Waals surface area contributed by atoms with Crippen molar-refractivity contribution >= 4 is 24.3 Å². The second-order valence-electron chi connectivity index (χ2n) is 5.23. The first-order valence-corrected chi connectivity index (χ1v) is 7.99. The Hall–Kier alpha value is -0.970. The number of unbranched alkanes of at least 4 members (excludes halogenated alkanes) is 8. The van der Waals surface area contributed by atoms with Crippen LogP contribution in [0.1, 0.15) is 71.1 Å². The molecule has 0 spiro atoms. The highest BCUT2D eigenvalue weighted by atomic mass is 35.5. The van der Waals surface area contributed by atoms with E-state index in [1.807, 2.05) is 0 Å². The summed E-state index contributed by atoms with van der Waals surface area (Å²) >= 11 is 0. The molecule has 0 bridgehead atoms. The molecular weight excluding hydrogens is 288 g/mol. The summed E-state index contributed by atoms with van der Waals surface area (Å²) in [4.78, 5) is 15.3. The highest BCUT2D eigenvalue weighted by molar-refractivity contribution is 5.85. The standard InChI is InChI=1S/C15H32N4O.ClH/c1-2-3-4-5-6-7-8-9-10-11-14(20)18-12-13-19-15(16)17;/h2-13H2,1H3,(H,18,20)(H4,16,17,19);1H. The van der Waals surface area contributed by atoms with Crippen LogP contribution in [0.25, 0.3) is 0 Å². The third-order valence-corrected chi connectivity index (χ3v) is 3.24. The molecule has 5 N–H and O–H groups in total. The molecule has 0 radical (unpaired) electrons. The summed E-state index contributed by atoms with van der Waals surface area (Å²) in [7, 11) is 0. The molecule has 0 aliphatic rings. The van der Waals surface area contributed by atoms with Gasteiger partial charge in [-0.2, -0.15) is 0 Å². The third-order valence-electron chi connectivity index (χ3n) is 3.24. The molecule has 1 amide bonds. The van der Waals surface area contributed by atoms with E-state index in [2.05, 4.69) is 17.2 Å². The van der Waals surface area contributed by atoms with Gasteiger partial charge in [0.1, 0.15) is 0 Å². The Labute approximate surface area is 135 Å². The number of rotatable bonds is 13. The maximum Gasteiger partial charge on any atom is 0.220 e. The van der Waals surface area contributed by atoms with Gasteiger partial charge in [-0.15, -0.1) is 12.4 Å². The van der Waals surface area contributed by atoms with E-state index in [1.165, 1.54) is 44.9 Å². The monoisotopic (exact) mass is 320 g/mol. The van der Waals surface area contributed by atoms with Crippen LogP contribution in [0, 0.1) is 0 Å². The highest BCUT2D eigenvalue weighted by Crippen LogP contribution is 2.10. The number of hydrogen-bond donors (Lipinski definition) is 3. The van der Waals surface area contributed by atoms with Crippen LogP contribution in [-0.4, -0.2) is 25.0 Å². The van der Waals surface area contributed by atoms with Gasteiger partial charge in [-0.25, -0.2) is 0 Å². The van der Waals surface area contributed by atoms with Gasteiger partial charge in [0.2, 0.25) is 5.91 Å². The van der Waals surface area contributed by atoms with Crippen molar-refractivity contribution in [1.82, 2.24) is 5.32 Å². The van der Waals surface area contributed by atoms with Crippen LogP contribution in [0.2, 0.25) is 0 Å². The number of carbonyl (C=O) groups is 1. The molecule has 0 saturated carbocycles. The van der Waals surface area contributed by atoms with Crippen molar-refractivity contribution in [3.8, 4) is 0 Å². The normalized spacial score (nSPS) is 9.76. The van der Waals surface area contributed by atoms with Crippen LogP contribution in [-0.2, 0) is 4.79 Å². The predicted molar refractivity (Wildman–Crippen MR) is 92.8 cm³/mol. The number of carbonyl (C=O) groups excluding carboxylic acids is 1. The second kappa shape index (κ2) is 17.1. The third kappa shape index (κ3) is 19.0. The van der Waals surface area contributed by atoms with Crippen molar-refractivity contribution in [2.75, 3.05) is 13.1 Å². The molecule has 0 atom stereocenters. The minimum absolute atomic E-state index is 0. The first-order valence-electron chi connectivity index (χ1n) is 7.99. The Morgan fingerprint density at radius 1 is 0.952 bits per heavy atom. The molecule has 0 aliphatic carbocycles. The van der Waals surface area contributed by atoms with Crippen LogP contribution in [0.3, 0.4) is 0 Å². The quantitative estimate of drug-likeness (QED) is 0.277. The van der Waals surface area contributed by atoms with Crippen molar-refractivity contribution in [2.45, 2.75) is 71.1 Å². The summed E-state index contributed by atoms with van der Waals surface area (Å²) in [5, 5.41) is 2.81. The smallest absolute Gasteiger partial charge is 0.220 e. The number of halogens is 1. The molecule has 0 aromatic heterocycles. The Kier molecular flexibility index (Phi) is 18.2. The first-order chi connectivity index (χ1) is 9.66. The predicted octanol–water partition coefficient (Wildman–Crippen LogP) is 2.72. The fraction of sp³-hybridized carbons (Fsp3) is 0.867. The van der Waals surface area contributed by atoms with Crippen molar-refractivity contribution < 1.29 is 4.79 Å². The molecule has 6 heteroatoms. The molecule has 0 fully saturated rings. The highest BCUT2D eigenvalue weighted by Gasteiger charge is 2.00. The molecule has 0 rings (SSSR count). The zero-order valence-corrected chi connectivity index (χ0v) is 14.2. The van der Waals surface area contributed by atoms with Crippen LogP contribution in [0.15, 0.2) is 4.99 Å². The largest absolute Gasteiger partial charge is 0.370 e. The Balaban J connectivity index is 0. The zero-order valence-electron chi connectivity index (χ0n) is 13.4. The molecule has 0 heterocycles. The van der Waals surface area contributed by atoms with Crippen LogP contribution in [0.5, 0.6) is 0 Å². The van der Waals surface area contributed by atoms with E-state index in [4.69, 9.17) is 11.5 Å². The lowest BCUT2D eigenvalue weighted by Crippen LogP contribution is -2.28. The summed E-state index contributed by atoms with van der Waals surface area (Å²) in [5.74, 6) is 0.164. The molecular formula is C15H33ClN4O. The molecule has 21 heavy (non-hydrogen) atoms. The van der Waals surface area contributed by atoms with E-state index in [0.29, 0.717) is 19.5 Å². The molecule has 5 nitrogen and oxygen atoms in total. The van der Waals surface area contributed by atoms with Gasteiger partial charge in [-0.3, -0.25) is 9.79 Å². The van der Waals surface area contributed by atoms with E-state index < -0.39 is 0 Å². The number of amides is 1. The summed E-state index contributed by atoms with van der Waals surface area (Å²) in [6, 6.07) is 0. The lowest BCUT2D eigenvalue weighted by molar-refractivity contribution is -0.121. The van der Waals surface area contributed by atoms with Gasteiger partial charge in [0.05, 0.1) is 6.54 Å². The molecule has 0 aromatic carbocycles. The van der Waals surface area contributed by atoms with Crippen LogP contribution < -0.4 is 16.8 Å². The average molecular weight is 321 g/mol. The van der Waals surface area contributed by atoms with Gasteiger partial charge < -0.3 is 16.8 Å². The Bertz CT molecular complexity index is 268. The summed E-state index contributed by atoms with van der Waals surface area (Å²) in [6.45, 7) is 3.20. The maximum atomic E-state index is 11.5. The number of guanidine groups is 1. The van der Waals surface area contributed by atoms with Crippen LogP contribution in [0.4, 0.5) is 0 Å². The van der Waals surface area contributed by atoms with E-state index in [-0.39, 0.29) is 24.3 Å². The van der Waals surface area contributed by atoms with Crippen LogP contribution >= 0.6 is 12.4 Å². The van der Waals surface area contributed by atoms with Gasteiger partial charge in [0.25, 0.3) is 0 Å².